The van der Waals surface area contributed by atoms with Crippen LogP contribution in [0.25, 0.3) is 21.5 Å². The fourth-order valence-electron chi connectivity index (χ4n) is 3.20. The maximum absolute atomic E-state index is 10.7. The summed E-state index contributed by atoms with van der Waals surface area (Å²) < 4.78 is 0. The van der Waals surface area contributed by atoms with Crippen LogP contribution in [0.3, 0.4) is 0 Å². The van der Waals surface area contributed by atoms with Crippen molar-refractivity contribution in [2.45, 2.75) is 39.0 Å². The van der Waals surface area contributed by atoms with Gasteiger partial charge in [0.15, 0.2) is 0 Å². The first kappa shape index (κ1) is 14.7. The molecule has 0 saturated carbocycles. The summed E-state index contributed by atoms with van der Waals surface area (Å²) >= 11 is 0. The molecule has 3 rings (SSSR count). The predicted molar refractivity (Wildman–Crippen MR) is 92.6 cm³/mol. The van der Waals surface area contributed by atoms with E-state index in [1.807, 2.05) is 36.4 Å². The molecule has 0 aliphatic heterocycles. The van der Waals surface area contributed by atoms with Crippen LogP contribution in [0.5, 0.6) is 11.5 Å². The molecule has 0 bridgehead atoms. The van der Waals surface area contributed by atoms with E-state index < -0.39 is 0 Å². The minimum absolute atomic E-state index is 0.263. The number of fused-ring (bicyclic) bond motifs is 2. The largest absolute Gasteiger partial charge is 0.507 e. The van der Waals surface area contributed by atoms with E-state index >= 15 is 0 Å². The summed E-state index contributed by atoms with van der Waals surface area (Å²) in [5, 5.41) is 24.2. The maximum atomic E-state index is 10.7. The maximum Gasteiger partial charge on any atom is 0.131 e. The summed E-state index contributed by atoms with van der Waals surface area (Å²) in [4.78, 5) is 0. The predicted octanol–water partition coefficient (Wildman–Crippen LogP) is 5.53. The van der Waals surface area contributed by atoms with Crippen molar-refractivity contribution in [2.75, 3.05) is 0 Å². The van der Waals surface area contributed by atoms with E-state index in [0.717, 1.165) is 29.2 Å². The van der Waals surface area contributed by atoms with E-state index in [1.54, 1.807) is 0 Å². The molecule has 3 aromatic rings. The number of hydrogen-bond acceptors (Lipinski definition) is 2. The molecule has 2 N–H and O–H groups in total. The number of aromatic hydroxyl groups is 2. The van der Waals surface area contributed by atoms with Crippen LogP contribution >= 0.6 is 0 Å². The van der Waals surface area contributed by atoms with Gasteiger partial charge in [0, 0.05) is 21.5 Å². The number of aryl methyl sites for hydroxylation is 1. The molecule has 22 heavy (non-hydrogen) atoms. The molecule has 0 aliphatic rings. The fraction of sp³-hybridized carbons (Fsp3) is 0.300. The summed E-state index contributed by atoms with van der Waals surface area (Å²) in [6.07, 6.45) is 5.70. The molecule has 2 nitrogen and oxygen atoms in total. The van der Waals surface area contributed by atoms with E-state index in [4.69, 9.17) is 0 Å². The molecule has 0 atom stereocenters. The van der Waals surface area contributed by atoms with Gasteiger partial charge in [-0.05, 0) is 18.4 Å². The van der Waals surface area contributed by atoms with E-state index in [1.165, 1.54) is 19.3 Å². The quantitative estimate of drug-likeness (QED) is 0.369. The Morgan fingerprint density at radius 2 is 1.41 bits per heavy atom. The number of unbranched alkanes of at least 4 members (excludes halogenated alkanes) is 3. The van der Waals surface area contributed by atoms with Gasteiger partial charge in [-0.1, -0.05) is 68.7 Å². The van der Waals surface area contributed by atoms with E-state index in [2.05, 4.69) is 13.0 Å². The number of phenolic OH excluding ortho intramolecular Hbond substituents is 2. The van der Waals surface area contributed by atoms with E-state index in [9.17, 15) is 10.2 Å². The second-order valence-electron chi connectivity index (χ2n) is 5.89. The topological polar surface area (TPSA) is 40.5 Å². The highest BCUT2D eigenvalue weighted by Crippen LogP contribution is 2.42. The van der Waals surface area contributed by atoms with Crippen LogP contribution in [0.4, 0.5) is 0 Å². The Hall–Kier alpha value is -2.22. The van der Waals surface area contributed by atoms with Crippen LogP contribution in [0.1, 0.15) is 38.2 Å². The second kappa shape index (κ2) is 6.27. The summed E-state index contributed by atoms with van der Waals surface area (Å²) in [5.41, 5.74) is 1.12. The molecule has 114 valence electrons. The van der Waals surface area contributed by atoms with Gasteiger partial charge in [0.1, 0.15) is 11.5 Å². The van der Waals surface area contributed by atoms with Crippen molar-refractivity contribution in [1.29, 1.82) is 0 Å². The number of phenols is 2. The minimum Gasteiger partial charge on any atom is -0.507 e. The first-order valence-corrected chi connectivity index (χ1v) is 8.08. The standard InChI is InChI=1S/C20H22O2/c1-2-3-4-5-9-14-10-8-13-17-18(14)20(22)16-12-7-6-11-15(16)19(17)21/h6-8,10-13,21-22H,2-5,9H2,1H3. The van der Waals surface area contributed by atoms with Gasteiger partial charge >= 0.3 is 0 Å². The van der Waals surface area contributed by atoms with E-state index in [-0.39, 0.29) is 11.5 Å². The third kappa shape index (κ3) is 2.50. The van der Waals surface area contributed by atoms with Gasteiger partial charge in [-0.2, -0.15) is 0 Å². The van der Waals surface area contributed by atoms with Gasteiger partial charge in [-0.3, -0.25) is 0 Å². The lowest BCUT2D eigenvalue weighted by Gasteiger charge is -2.13. The second-order valence-corrected chi connectivity index (χ2v) is 5.89. The van der Waals surface area contributed by atoms with E-state index in [0.29, 0.717) is 10.8 Å². The molecule has 2 heteroatoms. The third-order valence-corrected chi connectivity index (χ3v) is 4.38. The first-order valence-electron chi connectivity index (χ1n) is 8.08. The molecule has 0 spiro atoms. The minimum atomic E-state index is 0.263. The van der Waals surface area contributed by atoms with Gasteiger partial charge < -0.3 is 10.2 Å². The molecule has 0 heterocycles. The average molecular weight is 294 g/mol. The van der Waals surface area contributed by atoms with Gasteiger partial charge in [0.2, 0.25) is 0 Å². The number of rotatable bonds is 5. The molecule has 0 saturated heterocycles. The van der Waals surface area contributed by atoms with Crippen LogP contribution in [0.2, 0.25) is 0 Å². The summed E-state index contributed by atoms with van der Waals surface area (Å²) in [5.74, 6) is 0.549. The Morgan fingerprint density at radius 3 is 2.14 bits per heavy atom. The van der Waals surface area contributed by atoms with Crippen molar-refractivity contribution in [2.24, 2.45) is 0 Å². The molecular weight excluding hydrogens is 272 g/mol. The molecule has 0 amide bonds. The van der Waals surface area contributed by atoms with Crippen LogP contribution in [0, 0.1) is 0 Å². The Bertz CT molecular complexity index is 806. The van der Waals surface area contributed by atoms with Crippen molar-refractivity contribution >= 4 is 21.5 Å². The average Bonchev–Trinajstić information content (AvgIpc) is 2.56. The van der Waals surface area contributed by atoms with Crippen LogP contribution in [-0.4, -0.2) is 10.2 Å². The Kier molecular flexibility index (Phi) is 4.19. The van der Waals surface area contributed by atoms with Gasteiger partial charge in [0.25, 0.3) is 0 Å². The van der Waals surface area contributed by atoms with Crippen molar-refractivity contribution in [3.8, 4) is 11.5 Å². The van der Waals surface area contributed by atoms with Crippen LogP contribution in [0.15, 0.2) is 42.5 Å². The zero-order valence-corrected chi connectivity index (χ0v) is 13.0. The summed E-state index contributed by atoms with van der Waals surface area (Å²) in [6.45, 7) is 2.20. The lowest BCUT2D eigenvalue weighted by atomic mass is 9.94. The zero-order chi connectivity index (χ0) is 15.5. The summed E-state index contributed by atoms with van der Waals surface area (Å²) in [7, 11) is 0. The summed E-state index contributed by atoms with van der Waals surface area (Å²) in [6, 6.07) is 13.4. The van der Waals surface area contributed by atoms with Crippen LogP contribution < -0.4 is 0 Å². The number of benzene rings is 3. The molecule has 0 aliphatic carbocycles. The first-order chi connectivity index (χ1) is 10.7. The SMILES string of the molecule is CCCCCCc1cccc2c(O)c3ccccc3c(O)c12. The van der Waals surface area contributed by atoms with Gasteiger partial charge in [0.05, 0.1) is 0 Å². The van der Waals surface area contributed by atoms with Crippen molar-refractivity contribution in [3.63, 3.8) is 0 Å². The van der Waals surface area contributed by atoms with Crippen molar-refractivity contribution in [3.05, 3.63) is 48.0 Å². The highest BCUT2D eigenvalue weighted by Gasteiger charge is 2.14. The lowest BCUT2D eigenvalue weighted by Crippen LogP contribution is -1.90. The molecule has 0 unspecified atom stereocenters. The number of hydrogen-bond donors (Lipinski definition) is 2. The molecule has 0 aromatic heterocycles. The molecule has 0 fully saturated rings. The monoisotopic (exact) mass is 294 g/mol. The normalized spacial score (nSPS) is 11.3. The highest BCUT2D eigenvalue weighted by atomic mass is 16.3. The van der Waals surface area contributed by atoms with Crippen LogP contribution in [-0.2, 0) is 6.42 Å². The molecular formula is C20H22O2. The molecule has 0 radical (unpaired) electrons. The zero-order valence-electron chi connectivity index (χ0n) is 13.0. The lowest BCUT2D eigenvalue weighted by molar-refractivity contribution is 0.478. The van der Waals surface area contributed by atoms with Gasteiger partial charge in [-0.25, -0.2) is 0 Å². The van der Waals surface area contributed by atoms with Crippen molar-refractivity contribution < 1.29 is 10.2 Å². The van der Waals surface area contributed by atoms with Crippen molar-refractivity contribution in [1.82, 2.24) is 0 Å². The third-order valence-electron chi connectivity index (χ3n) is 4.38. The Labute approximate surface area is 131 Å². The molecule has 3 aromatic carbocycles. The smallest absolute Gasteiger partial charge is 0.131 e. The fourth-order valence-corrected chi connectivity index (χ4v) is 3.20. The Morgan fingerprint density at radius 1 is 0.727 bits per heavy atom. The highest BCUT2D eigenvalue weighted by molar-refractivity contribution is 6.11. The van der Waals surface area contributed by atoms with Gasteiger partial charge in [-0.15, -0.1) is 0 Å². The Balaban J connectivity index is 2.14.